The number of hydrogen-bond donors (Lipinski definition) is 1. The number of benzene rings is 1. The SMILES string of the molecule is Cn1c(=O)n2n(c1=O)[C@@H](C1=COc3ccc(O)cc3C1)C1=CCn3c(=O)n(C)c(=O)n3[C@@H]1C2. The molecule has 5 heterocycles. The van der Waals surface area contributed by atoms with Crippen LogP contribution in [0.4, 0.5) is 0 Å². The number of nitrogens with zero attached hydrogens (tertiary/aromatic N) is 6. The fourth-order valence-corrected chi connectivity index (χ4v) is 5.09. The van der Waals surface area contributed by atoms with E-state index in [0.29, 0.717) is 17.7 Å². The Balaban J connectivity index is 1.58. The first kappa shape index (κ1) is 19.5. The molecule has 0 spiro atoms. The summed E-state index contributed by atoms with van der Waals surface area (Å²) in [5.41, 5.74) is 0.216. The van der Waals surface area contributed by atoms with Gasteiger partial charge in [-0.3, -0.25) is 0 Å². The Hall–Kier alpha value is -4.22. The molecule has 0 fully saturated rings. The lowest BCUT2D eigenvalue weighted by Gasteiger charge is -2.39. The quantitative estimate of drug-likeness (QED) is 0.471. The lowest BCUT2D eigenvalue weighted by molar-refractivity contribution is 0.240. The minimum absolute atomic E-state index is 0.0338. The van der Waals surface area contributed by atoms with E-state index in [4.69, 9.17) is 4.74 Å². The van der Waals surface area contributed by atoms with E-state index >= 15 is 0 Å². The van der Waals surface area contributed by atoms with Gasteiger partial charge in [-0.15, -0.1) is 0 Å². The maximum Gasteiger partial charge on any atom is 0.347 e. The summed E-state index contributed by atoms with van der Waals surface area (Å²) in [4.78, 5) is 51.4. The fraction of sp³-hybridized carbons (Fsp3) is 0.333. The highest BCUT2D eigenvalue weighted by Crippen LogP contribution is 2.42. The highest BCUT2D eigenvalue weighted by molar-refractivity contribution is 5.46. The maximum atomic E-state index is 13.1. The number of phenolic OH excluding ortho intramolecular Hbond substituents is 1. The first-order chi connectivity index (χ1) is 15.8. The van der Waals surface area contributed by atoms with E-state index in [0.717, 1.165) is 20.3 Å². The third-order valence-electron chi connectivity index (χ3n) is 6.71. The summed E-state index contributed by atoms with van der Waals surface area (Å²) in [5, 5.41) is 9.92. The van der Waals surface area contributed by atoms with Gasteiger partial charge in [0.15, 0.2) is 0 Å². The van der Waals surface area contributed by atoms with Gasteiger partial charge in [0.1, 0.15) is 17.5 Å². The van der Waals surface area contributed by atoms with Gasteiger partial charge in [-0.05, 0) is 29.3 Å². The molecule has 0 saturated heterocycles. The molecule has 1 N–H and O–H groups in total. The van der Waals surface area contributed by atoms with Crippen molar-refractivity contribution in [3.05, 3.63) is 89.2 Å². The summed E-state index contributed by atoms with van der Waals surface area (Å²) in [7, 11) is 2.82. The number of aromatic nitrogens is 6. The number of hydrogen-bond acceptors (Lipinski definition) is 6. The van der Waals surface area contributed by atoms with Crippen LogP contribution in [0.1, 0.15) is 17.6 Å². The lowest BCUT2D eigenvalue weighted by atomic mass is 9.87. The van der Waals surface area contributed by atoms with Crippen LogP contribution in [0, 0.1) is 0 Å². The molecule has 6 rings (SSSR count). The highest BCUT2D eigenvalue weighted by Gasteiger charge is 2.42. The second-order valence-electron chi connectivity index (χ2n) is 8.50. The summed E-state index contributed by atoms with van der Waals surface area (Å²) in [6, 6.07) is 3.46. The van der Waals surface area contributed by atoms with Crippen molar-refractivity contribution in [1.29, 1.82) is 0 Å². The van der Waals surface area contributed by atoms with Crippen LogP contribution in [0.2, 0.25) is 0 Å². The third-order valence-corrected chi connectivity index (χ3v) is 6.71. The Morgan fingerprint density at radius 1 is 0.939 bits per heavy atom. The third kappa shape index (κ3) is 2.45. The molecule has 3 aliphatic rings. The molecule has 0 saturated carbocycles. The van der Waals surface area contributed by atoms with Crippen molar-refractivity contribution in [2.75, 3.05) is 0 Å². The molecule has 1 aromatic carbocycles. The van der Waals surface area contributed by atoms with Crippen LogP contribution in [0.3, 0.4) is 0 Å². The van der Waals surface area contributed by atoms with E-state index in [9.17, 15) is 24.3 Å². The van der Waals surface area contributed by atoms with Crippen molar-refractivity contribution < 1.29 is 9.84 Å². The van der Waals surface area contributed by atoms with Crippen molar-refractivity contribution in [2.24, 2.45) is 14.1 Å². The van der Waals surface area contributed by atoms with E-state index in [1.165, 1.54) is 38.9 Å². The van der Waals surface area contributed by atoms with E-state index in [1.807, 2.05) is 6.08 Å². The fourth-order valence-electron chi connectivity index (χ4n) is 5.09. The topological polar surface area (TPSA) is 127 Å². The molecule has 0 bridgehead atoms. The first-order valence-electron chi connectivity index (χ1n) is 10.4. The second kappa shape index (κ2) is 6.40. The van der Waals surface area contributed by atoms with E-state index in [-0.39, 0.29) is 18.8 Å². The van der Waals surface area contributed by atoms with Gasteiger partial charge in [0.25, 0.3) is 0 Å². The smallest absolute Gasteiger partial charge is 0.347 e. The average Bonchev–Trinajstić information content (AvgIpc) is 3.17. The van der Waals surface area contributed by atoms with E-state index in [1.54, 1.807) is 18.4 Å². The zero-order valence-electron chi connectivity index (χ0n) is 17.8. The van der Waals surface area contributed by atoms with Crippen LogP contribution in [-0.4, -0.2) is 33.0 Å². The molecular weight excluding hydrogens is 432 g/mol. The summed E-state index contributed by atoms with van der Waals surface area (Å²) in [6.07, 6.45) is 3.75. The minimum Gasteiger partial charge on any atom is -0.508 e. The normalized spacial score (nSPS) is 20.7. The second-order valence-corrected chi connectivity index (χ2v) is 8.50. The molecular formula is C21H20N6O6. The highest BCUT2D eigenvalue weighted by atomic mass is 16.5. The van der Waals surface area contributed by atoms with Crippen molar-refractivity contribution in [3.8, 4) is 11.5 Å². The molecule has 170 valence electrons. The Bertz CT molecular complexity index is 1650. The number of aromatic hydroxyl groups is 1. The minimum atomic E-state index is -0.698. The Morgan fingerprint density at radius 3 is 2.39 bits per heavy atom. The van der Waals surface area contributed by atoms with Crippen molar-refractivity contribution in [2.45, 2.75) is 31.6 Å². The van der Waals surface area contributed by atoms with Gasteiger partial charge >= 0.3 is 22.8 Å². The monoisotopic (exact) mass is 452 g/mol. The largest absolute Gasteiger partial charge is 0.508 e. The summed E-state index contributed by atoms with van der Waals surface area (Å²) >= 11 is 0. The van der Waals surface area contributed by atoms with Gasteiger partial charge in [0.2, 0.25) is 0 Å². The number of phenols is 1. The van der Waals surface area contributed by atoms with Gasteiger partial charge in [-0.2, -0.15) is 0 Å². The van der Waals surface area contributed by atoms with Crippen molar-refractivity contribution >= 4 is 0 Å². The van der Waals surface area contributed by atoms with Crippen LogP contribution < -0.4 is 27.5 Å². The molecule has 12 nitrogen and oxygen atoms in total. The number of rotatable bonds is 1. The molecule has 33 heavy (non-hydrogen) atoms. The van der Waals surface area contributed by atoms with Crippen LogP contribution in [0.15, 0.2) is 60.9 Å². The molecule has 3 aliphatic heterocycles. The molecule has 3 aromatic rings. The van der Waals surface area contributed by atoms with Gasteiger partial charge in [-0.25, -0.2) is 47.0 Å². The summed E-state index contributed by atoms with van der Waals surface area (Å²) in [6.45, 7) is 0.195. The molecule has 2 aromatic heterocycles. The Labute approximate surface area is 184 Å². The average molecular weight is 452 g/mol. The molecule has 0 aliphatic carbocycles. The molecule has 0 radical (unpaired) electrons. The van der Waals surface area contributed by atoms with E-state index < -0.39 is 34.8 Å². The van der Waals surface area contributed by atoms with Crippen LogP contribution in [0.25, 0.3) is 0 Å². The number of fused-ring (bicyclic) bond motifs is 5. The van der Waals surface area contributed by atoms with Crippen molar-refractivity contribution in [3.63, 3.8) is 0 Å². The summed E-state index contributed by atoms with van der Waals surface area (Å²) < 4.78 is 13.3. The predicted octanol–water partition coefficient (Wildman–Crippen LogP) is -1.03. The first-order valence-corrected chi connectivity index (χ1v) is 10.4. The standard InChI is InChI=1S/C21H20N6O6/c1-22-18(29)24-6-5-14-15(26(24)20(22)31)9-25-19(30)23(2)21(32)27(25)17(14)12-7-11-8-13(28)3-4-16(11)33-10-12/h3-5,8,10,15,17,28H,6-7,9H2,1-2H3/t15-,17+/m1/s1. The summed E-state index contributed by atoms with van der Waals surface area (Å²) in [5.74, 6) is 0.679. The van der Waals surface area contributed by atoms with Crippen LogP contribution in [0.5, 0.6) is 11.5 Å². The number of ether oxygens (including phenoxy) is 1. The van der Waals surface area contributed by atoms with Gasteiger partial charge in [-0.1, -0.05) is 6.08 Å². The lowest BCUT2D eigenvalue weighted by Crippen LogP contribution is -2.47. The van der Waals surface area contributed by atoms with E-state index in [2.05, 4.69) is 0 Å². The van der Waals surface area contributed by atoms with Crippen LogP contribution >= 0.6 is 0 Å². The van der Waals surface area contributed by atoms with Gasteiger partial charge < -0.3 is 9.84 Å². The molecule has 0 amide bonds. The Kier molecular flexibility index (Phi) is 3.78. The molecule has 0 unspecified atom stereocenters. The van der Waals surface area contributed by atoms with Gasteiger partial charge in [0, 0.05) is 26.1 Å². The van der Waals surface area contributed by atoms with Crippen molar-refractivity contribution in [1.82, 2.24) is 27.9 Å². The predicted molar refractivity (Wildman–Crippen MR) is 115 cm³/mol. The zero-order valence-corrected chi connectivity index (χ0v) is 17.8. The molecule has 12 heteroatoms. The van der Waals surface area contributed by atoms with Crippen LogP contribution in [-0.2, 0) is 33.6 Å². The maximum absolute atomic E-state index is 13.1. The van der Waals surface area contributed by atoms with Gasteiger partial charge in [0.05, 0.1) is 25.4 Å². The zero-order chi connectivity index (χ0) is 23.2. The Morgan fingerprint density at radius 2 is 1.64 bits per heavy atom. The number of allylic oxidation sites excluding steroid dienone is 3. The molecule has 2 atom stereocenters.